The van der Waals surface area contributed by atoms with Crippen LogP contribution in [-0.4, -0.2) is 34.5 Å². The summed E-state index contributed by atoms with van der Waals surface area (Å²) in [7, 11) is 1.43. The van der Waals surface area contributed by atoms with Gasteiger partial charge in [-0.25, -0.2) is 4.79 Å². The number of nitrogens with zero attached hydrogens (tertiary/aromatic N) is 2. The lowest BCUT2D eigenvalue weighted by molar-refractivity contribution is 0.0601. The Morgan fingerprint density at radius 2 is 2.23 bits per heavy atom. The van der Waals surface area contributed by atoms with Crippen molar-refractivity contribution in [3.05, 3.63) is 34.5 Å². The van der Waals surface area contributed by atoms with Gasteiger partial charge in [-0.1, -0.05) is 6.42 Å². The lowest BCUT2D eigenvalue weighted by atomic mass is 10.1. The number of hydrogen-bond acceptors (Lipinski definition) is 5. The highest BCUT2D eigenvalue weighted by Crippen LogP contribution is 2.37. The monoisotopic (exact) mass is 392 g/mol. The molecule has 0 saturated heterocycles. The van der Waals surface area contributed by atoms with E-state index in [1.807, 2.05) is 16.9 Å². The number of methoxy groups -OCH3 is 1. The highest BCUT2D eigenvalue weighted by molar-refractivity contribution is 7.80. The first-order valence-electron chi connectivity index (χ1n) is 8.94. The van der Waals surface area contributed by atoms with E-state index < -0.39 is 0 Å². The van der Waals surface area contributed by atoms with Crippen molar-refractivity contribution in [1.82, 2.24) is 15.1 Å². The second-order valence-corrected chi connectivity index (χ2v) is 7.78. The van der Waals surface area contributed by atoms with Crippen molar-refractivity contribution < 1.29 is 9.53 Å². The predicted molar refractivity (Wildman–Crippen MR) is 108 cm³/mol. The number of thiocarbonyl (C=S) groups is 1. The summed E-state index contributed by atoms with van der Waals surface area (Å²) in [5, 5.41) is 11.9. The summed E-state index contributed by atoms with van der Waals surface area (Å²) < 4.78 is 6.91. The van der Waals surface area contributed by atoms with Gasteiger partial charge in [0.1, 0.15) is 5.00 Å². The number of rotatable bonds is 6. The molecular formula is C18H24N4O2S2. The van der Waals surface area contributed by atoms with Gasteiger partial charge in [0.05, 0.1) is 12.7 Å². The van der Waals surface area contributed by atoms with Gasteiger partial charge in [-0.3, -0.25) is 4.68 Å². The van der Waals surface area contributed by atoms with Gasteiger partial charge in [0, 0.05) is 30.4 Å². The number of carbonyl (C=O) groups excluding carboxylic acids is 1. The minimum atomic E-state index is -0.284. The van der Waals surface area contributed by atoms with Gasteiger partial charge in [0.2, 0.25) is 0 Å². The number of thiophene rings is 1. The van der Waals surface area contributed by atoms with Crippen molar-refractivity contribution in [2.75, 3.05) is 19.0 Å². The summed E-state index contributed by atoms with van der Waals surface area (Å²) in [5.41, 5.74) is 1.80. The number of anilines is 1. The fourth-order valence-corrected chi connectivity index (χ4v) is 4.72. The Balaban J connectivity index is 1.61. The number of aromatic nitrogens is 2. The molecule has 8 heteroatoms. The zero-order valence-corrected chi connectivity index (χ0v) is 16.5. The van der Waals surface area contributed by atoms with Gasteiger partial charge in [0.25, 0.3) is 0 Å². The van der Waals surface area contributed by atoms with E-state index in [1.165, 1.54) is 24.8 Å². The van der Waals surface area contributed by atoms with Crippen LogP contribution in [0.4, 0.5) is 5.00 Å². The SMILES string of the molecule is COC(=O)c1c(NC(=S)NCCCn2cccn2)sc2c1CCCCC2. The number of nitrogens with one attached hydrogen (secondary N) is 2. The Morgan fingerprint density at radius 1 is 1.38 bits per heavy atom. The zero-order chi connectivity index (χ0) is 18.4. The molecule has 1 aliphatic rings. The van der Waals surface area contributed by atoms with Crippen LogP contribution in [0.1, 0.15) is 46.5 Å². The first-order valence-corrected chi connectivity index (χ1v) is 10.2. The van der Waals surface area contributed by atoms with Crippen LogP contribution in [0.5, 0.6) is 0 Å². The second-order valence-electron chi connectivity index (χ2n) is 6.26. The highest BCUT2D eigenvalue weighted by atomic mass is 32.1. The maximum absolute atomic E-state index is 12.3. The number of aryl methyl sites for hydroxylation is 2. The molecule has 0 atom stereocenters. The highest BCUT2D eigenvalue weighted by Gasteiger charge is 2.25. The molecule has 0 spiro atoms. The van der Waals surface area contributed by atoms with E-state index in [-0.39, 0.29) is 5.97 Å². The minimum absolute atomic E-state index is 0.284. The quantitative estimate of drug-likeness (QED) is 0.340. The second kappa shape index (κ2) is 9.14. The smallest absolute Gasteiger partial charge is 0.341 e. The van der Waals surface area contributed by atoms with Gasteiger partial charge in [0.15, 0.2) is 5.11 Å². The first-order chi connectivity index (χ1) is 12.7. The molecule has 0 aromatic carbocycles. The summed E-state index contributed by atoms with van der Waals surface area (Å²) in [6.07, 6.45) is 10.1. The molecule has 1 aliphatic carbocycles. The van der Waals surface area contributed by atoms with Crippen LogP contribution in [0.3, 0.4) is 0 Å². The fraction of sp³-hybridized carbons (Fsp3) is 0.500. The lowest BCUT2D eigenvalue weighted by Crippen LogP contribution is -2.30. The van der Waals surface area contributed by atoms with Crippen molar-refractivity contribution in [2.45, 2.75) is 45.1 Å². The first kappa shape index (κ1) is 18.8. The Bertz CT molecular complexity index is 756. The summed E-state index contributed by atoms with van der Waals surface area (Å²) in [5.74, 6) is -0.284. The average molecular weight is 393 g/mol. The van der Waals surface area contributed by atoms with E-state index in [0.717, 1.165) is 49.3 Å². The zero-order valence-electron chi connectivity index (χ0n) is 14.9. The molecule has 0 amide bonds. The van der Waals surface area contributed by atoms with Gasteiger partial charge >= 0.3 is 5.97 Å². The summed E-state index contributed by atoms with van der Waals surface area (Å²) >= 11 is 7.04. The number of hydrogen-bond donors (Lipinski definition) is 2. The molecule has 0 bridgehead atoms. The molecule has 0 aliphatic heterocycles. The Hall–Kier alpha value is -1.93. The molecule has 0 fully saturated rings. The molecule has 26 heavy (non-hydrogen) atoms. The summed E-state index contributed by atoms with van der Waals surface area (Å²) in [6, 6.07) is 1.91. The van der Waals surface area contributed by atoms with Crippen LogP contribution in [0.15, 0.2) is 18.5 Å². The molecule has 0 saturated carbocycles. The van der Waals surface area contributed by atoms with E-state index >= 15 is 0 Å². The van der Waals surface area contributed by atoms with Crippen LogP contribution in [-0.2, 0) is 24.1 Å². The van der Waals surface area contributed by atoms with Crippen LogP contribution in [0.2, 0.25) is 0 Å². The Kier molecular flexibility index (Phi) is 6.62. The third-order valence-corrected chi connectivity index (χ3v) is 5.90. The van der Waals surface area contributed by atoms with E-state index in [4.69, 9.17) is 17.0 Å². The fourth-order valence-electron chi connectivity index (χ4n) is 3.17. The van der Waals surface area contributed by atoms with Crippen LogP contribution < -0.4 is 10.6 Å². The minimum Gasteiger partial charge on any atom is -0.465 e. The summed E-state index contributed by atoms with van der Waals surface area (Å²) in [4.78, 5) is 13.6. The van der Waals surface area contributed by atoms with Gasteiger partial charge in [-0.15, -0.1) is 11.3 Å². The summed E-state index contributed by atoms with van der Waals surface area (Å²) in [6.45, 7) is 1.58. The maximum Gasteiger partial charge on any atom is 0.341 e. The Labute approximate surface area is 162 Å². The molecule has 6 nitrogen and oxygen atoms in total. The maximum atomic E-state index is 12.3. The number of esters is 1. The van der Waals surface area contributed by atoms with E-state index in [9.17, 15) is 4.79 Å². The van der Waals surface area contributed by atoms with Gasteiger partial charge in [-0.05, 0) is 56.0 Å². The van der Waals surface area contributed by atoms with Crippen molar-refractivity contribution in [1.29, 1.82) is 0 Å². The van der Waals surface area contributed by atoms with Crippen molar-refractivity contribution >= 4 is 39.6 Å². The van der Waals surface area contributed by atoms with Crippen LogP contribution >= 0.6 is 23.6 Å². The number of carbonyl (C=O) groups is 1. The third kappa shape index (κ3) is 4.62. The molecule has 0 radical (unpaired) electrons. The predicted octanol–water partition coefficient (Wildman–Crippen LogP) is 3.38. The van der Waals surface area contributed by atoms with Gasteiger partial charge in [-0.2, -0.15) is 5.10 Å². The molecule has 140 valence electrons. The standard InChI is InChI=1S/C18H24N4O2S2/c1-24-17(23)15-13-7-3-2-4-8-14(13)26-16(15)21-18(25)19-9-5-11-22-12-6-10-20-22/h6,10,12H,2-5,7-9,11H2,1H3,(H2,19,21,25). The number of fused-ring (bicyclic) bond motifs is 1. The van der Waals surface area contributed by atoms with Crippen molar-refractivity contribution in [2.24, 2.45) is 0 Å². The normalized spacial score (nSPS) is 13.6. The molecule has 0 unspecified atom stereocenters. The molecular weight excluding hydrogens is 368 g/mol. The lowest BCUT2D eigenvalue weighted by Gasteiger charge is -2.11. The molecule has 2 N–H and O–H groups in total. The van der Waals surface area contributed by atoms with E-state index in [1.54, 1.807) is 17.5 Å². The Morgan fingerprint density at radius 3 is 3.00 bits per heavy atom. The average Bonchev–Trinajstić information content (AvgIpc) is 3.20. The number of ether oxygens (including phenoxy) is 1. The van der Waals surface area contributed by atoms with E-state index in [0.29, 0.717) is 10.7 Å². The van der Waals surface area contributed by atoms with Crippen molar-refractivity contribution in [3.63, 3.8) is 0 Å². The van der Waals surface area contributed by atoms with E-state index in [2.05, 4.69) is 15.7 Å². The van der Waals surface area contributed by atoms with Gasteiger partial charge < -0.3 is 15.4 Å². The molecule has 3 rings (SSSR count). The van der Waals surface area contributed by atoms with Crippen molar-refractivity contribution in [3.8, 4) is 0 Å². The van der Waals surface area contributed by atoms with Crippen LogP contribution in [0.25, 0.3) is 0 Å². The third-order valence-electron chi connectivity index (χ3n) is 4.45. The largest absolute Gasteiger partial charge is 0.465 e. The molecule has 2 heterocycles. The van der Waals surface area contributed by atoms with Crippen LogP contribution in [0, 0.1) is 0 Å². The molecule has 2 aromatic rings. The topological polar surface area (TPSA) is 68.2 Å². The molecule has 2 aromatic heterocycles.